The lowest BCUT2D eigenvalue weighted by molar-refractivity contribution is -0.139. The van der Waals surface area contributed by atoms with Gasteiger partial charge in [-0.15, -0.1) is 0 Å². The zero-order chi connectivity index (χ0) is 44.3. The molecule has 0 saturated carbocycles. The summed E-state index contributed by atoms with van der Waals surface area (Å²) in [5.74, 6) is -2.72. The molecule has 0 unspecified atom stereocenters. The Morgan fingerprint density at radius 3 is 2.22 bits per heavy atom. The van der Waals surface area contributed by atoms with E-state index in [1.165, 1.54) is 4.90 Å². The maximum Gasteiger partial charge on any atom is 0.408 e. The van der Waals surface area contributed by atoms with Gasteiger partial charge in [-0.2, -0.15) is 0 Å². The van der Waals surface area contributed by atoms with Gasteiger partial charge in [0.25, 0.3) is 5.89 Å². The minimum absolute atomic E-state index is 0.00571. The molecule has 15 heteroatoms. The lowest BCUT2D eigenvalue weighted by atomic mass is 9.88. The third-order valence-corrected chi connectivity index (χ3v) is 11.4. The van der Waals surface area contributed by atoms with Gasteiger partial charge in [-0.3, -0.25) is 14.4 Å². The third kappa shape index (κ3) is 12.1. The summed E-state index contributed by atoms with van der Waals surface area (Å²) in [6.45, 7) is 0.237. The Kier molecular flexibility index (Phi) is 14.9. The molecule has 5 aromatic carbocycles. The molecular formula is C48H46Cl2N6O7. The van der Waals surface area contributed by atoms with E-state index in [0.29, 0.717) is 33.8 Å². The Hall–Kier alpha value is -6.54. The van der Waals surface area contributed by atoms with Gasteiger partial charge in [0.05, 0.1) is 24.4 Å². The van der Waals surface area contributed by atoms with E-state index in [2.05, 4.69) is 15.3 Å². The second-order valence-corrected chi connectivity index (χ2v) is 16.2. The zero-order valence-corrected chi connectivity index (χ0v) is 35.7. The Balaban J connectivity index is 1.17. The van der Waals surface area contributed by atoms with Crippen molar-refractivity contribution < 1.29 is 33.1 Å². The fourth-order valence-corrected chi connectivity index (χ4v) is 7.93. The van der Waals surface area contributed by atoms with Gasteiger partial charge in [0.15, 0.2) is 17.3 Å². The van der Waals surface area contributed by atoms with Crippen LogP contribution in [-0.2, 0) is 45.1 Å². The van der Waals surface area contributed by atoms with Crippen molar-refractivity contribution in [2.45, 2.75) is 63.5 Å². The molecule has 4 atom stereocenters. The average molecular weight is 890 g/mol. The zero-order valence-electron chi connectivity index (χ0n) is 34.2. The van der Waals surface area contributed by atoms with Crippen LogP contribution in [0.3, 0.4) is 0 Å². The minimum atomic E-state index is -1.07. The van der Waals surface area contributed by atoms with E-state index < -0.39 is 47.7 Å². The highest BCUT2D eigenvalue weighted by molar-refractivity contribution is 6.31. The van der Waals surface area contributed by atoms with Crippen molar-refractivity contribution in [1.82, 2.24) is 15.2 Å². The van der Waals surface area contributed by atoms with E-state index in [9.17, 15) is 19.2 Å². The van der Waals surface area contributed by atoms with Gasteiger partial charge in [0.2, 0.25) is 11.7 Å². The Morgan fingerprint density at radius 2 is 1.52 bits per heavy atom. The number of guanidine groups is 1. The van der Waals surface area contributed by atoms with Crippen LogP contribution in [0.15, 0.2) is 137 Å². The molecule has 1 fully saturated rings. The SMILES string of the molecule is NC(N)=Nc1ccc(C[C@H](CC(=O)[C@@H]2C[C@@H](OCc3ccc(Cl)cc3)CN2C(=O)[C@@H](CCc2ccccc2)NC(=O)OCc2ccccc2)C(=O)c2nc3ccccc3o2)c(Cl)c1. The van der Waals surface area contributed by atoms with Crippen molar-refractivity contribution in [3.8, 4) is 0 Å². The number of carbonyl (C=O) groups excluding carboxylic acids is 4. The molecule has 5 N–H and O–H groups in total. The quantitative estimate of drug-likeness (QED) is 0.0431. The number of oxazole rings is 1. The molecule has 1 aliphatic rings. The molecule has 7 rings (SSSR count). The number of aryl methyl sites for hydroxylation is 1. The van der Waals surface area contributed by atoms with E-state index in [1.54, 1.807) is 54.6 Å². The monoisotopic (exact) mass is 888 g/mol. The highest BCUT2D eigenvalue weighted by Crippen LogP contribution is 2.31. The summed E-state index contributed by atoms with van der Waals surface area (Å²) >= 11 is 12.8. The first-order valence-electron chi connectivity index (χ1n) is 20.5. The van der Waals surface area contributed by atoms with E-state index in [0.717, 1.165) is 16.7 Å². The molecule has 13 nitrogen and oxygen atoms in total. The lowest BCUT2D eigenvalue weighted by Crippen LogP contribution is -2.52. The van der Waals surface area contributed by atoms with Gasteiger partial charge in [-0.25, -0.2) is 14.8 Å². The van der Waals surface area contributed by atoms with E-state index >= 15 is 0 Å². The van der Waals surface area contributed by atoms with Crippen molar-refractivity contribution in [3.05, 3.63) is 166 Å². The molecule has 1 aromatic heterocycles. The summed E-state index contributed by atoms with van der Waals surface area (Å²) in [6, 6.07) is 35.7. The van der Waals surface area contributed by atoms with Crippen molar-refractivity contribution in [2.24, 2.45) is 22.4 Å². The maximum atomic E-state index is 14.8. The standard InChI is InChI=1S/C48H46Cl2N6O7/c49-35-19-15-32(16-20-35)28-61-37-26-41(56(27-37)46(59)40(22-17-30-9-3-1-4-10-30)55-48(60)62-29-31-11-5-2-6-12-31)42(57)24-34(23-33-18-21-36(25-38(33)50)53-47(51)52)44(58)45-54-39-13-7-8-14-43(39)63-45/h1-16,18-21,25,34,37,40-41H,17,22-24,26-29H2,(H,55,60)(H4,51,52,53)/t34-,37-,40-,41+/m1/s1. The van der Waals surface area contributed by atoms with Crippen LogP contribution in [0, 0.1) is 5.92 Å². The van der Waals surface area contributed by atoms with Crippen molar-refractivity contribution in [3.63, 3.8) is 0 Å². The number of rotatable bonds is 18. The van der Waals surface area contributed by atoms with Crippen LogP contribution in [0.5, 0.6) is 0 Å². The topological polar surface area (TPSA) is 192 Å². The van der Waals surface area contributed by atoms with Crippen LogP contribution in [0.25, 0.3) is 11.1 Å². The van der Waals surface area contributed by atoms with Crippen LogP contribution in [0.2, 0.25) is 10.0 Å². The number of alkyl carbamates (subject to hydrolysis) is 1. The maximum absolute atomic E-state index is 14.8. The summed E-state index contributed by atoms with van der Waals surface area (Å²) in [4.78, 5) is 67.3. The average Bonchev–Trinajstić information content (AvgIpc) is 3.93. The summed E-state index contributed by atoms with van der Waals surface area (Å²) in [5, 5.41) is 3.64. The number of hydrogen-bond acceptors (Lipinski definition) is 9. The van der Waals surface area contributed by atoms with E-state index in [1.807, 2.05) is 72.8 Å². The van der Waals surface area contributed by atoms with Crippen LogP contribution < -0.4 is 16.8 Å². The van der Waals surface area contributed by atoms with Gasteiger partial charge in [0.1, 0.15) is 18.2 Å². The number of amides is 2. The second-order valence-electron chi connectivity index (χ2n) is 15.3. The first kappa shape index (κ1) is 44.5. The first-order valence-corrected chi connectivity index (χ1v) is 21.2. The molecule has 0 spiro atoms. The van der Waals surface area contributed by atoms with Gasteiger partial charge >= 0.3 is 6.09 Å². The fourth-order valence-electron chi connectivity index (χ4n) is 7.56. The van der Waals surface area contributed by atoms with E-state index in [4.69, 9.17) is 48.6 Å². The second kappa shape index (κ2) is 21.0. The van der Waals surface area contributed by atoms with Crippen molar-refractivity contribution in [1.29, 1.82) is 0 Å². The molecule has 0 aliphatic carbocycles. The number of carbonyl (C=O) groups is 4. The number of benzene rings is 5. The molecular weight excluding hydrogens is 843 g/mol. The molecule has 1 saturated heterocycles. The molecule has 0 bridgehead atoms. The molecule has 2 amide bonds. The lowest BCUT2D eigenvalue weighted by Gasteiger charge is -2.29. The Labute approximate surface area is 374 Å². The number of aromatic nitrogens is 1. The Morgan fingerprint density at radius 1 is 0.841 bits per heavy atom. The summed E-state index contributed by atoms with van der Waals surface area (Å²) in [7, 11) is 0. The molecule has 2 heterocycles. The molecule has 0 radical (unpaired) electrons. The normalized spacial score (nSPS) is 15.7. The number of likely N-dealkylation sites (tertiary alicyclic amines) is 1. The van der Waals surface area contributed by atoms with Gasteiger partial charge < -0.3 is 35.6 Å². The van der Waals surface area contributed by atoms with Crippen LogP contribution in [0.1, 0.15) is 52.2 Å². The highest BCUT2D eigenvalue weighted by Gasteiger charge is 2.43. The van der Waals surface area contributed by atoms with Gasteiger partial charge in [0, 0.05) is 35.3 Å². The summed E-state index contributed by atoms with van der Waals surface area (Å²) in [6.07, 6.45) is -0.830. The Bertz CT molecular complexity index is 2530. The number of nitrogens with two attached hydrogens (primary N) is 2. The van der Waals surface area contributed by atoms with Crippen molar-refractivity contribution in [2.75, 3.05) is 6.54 Å². The number of fused-ring (bicyclic) bond motifs is 1. The predicted octanol–water partition coefficient (Wildman–Crippen LogP) is 8.15. The largest absolute Gasteiger partial charge is 0.445 e. The number of hydrogen-bond donors (Lipinski definition) is 3. The summed E-state index contributed by atoms with van der Waals surface area (Å²) in [5.41, 5.74) is 15.6. The number of para-hydroxylation sites is 2. The number of nitrogens with one attached hydrogen (secondary N) is 1. The smallest absolute Gasteiger partial charge is 0.408 e. The number of aliphatic imine (C=N–C) groups is 1. The van der Waals surface area contributed by atoms with Gasteiger partial charge in [-0.05, 0) is 77.9 Å². The third-order valence-electron chi connectivity index (χ3n) is 10.8. The first-order chi connectivity index (χ1) is 30.5. The van der Waals surface area contributed by atoms with Crippen LogP contribution in [-0.4, -0.2) is 64.1 Å². The molecule has 63 heavy (non-hydrogen) atoms. The number of halogens is 2. The van der Waals surface area contributed by atoms with Crippen LogP contribution in [0.4, 0.5) is 10.5 Å². The number of nitrogens with zero attached hydrogens (tertiary/aromatic N) is 3. The highest BCUT2D eigenvalue weighted by atomic mass is 35.5. The minimum Gasteiger partial charge on any atom is -0.445 e. The van der Waals surface area contributed by atoms with E-state index in [-0.39, 0.29) is 62.3 Å². The molecule has 324 valence electrons. The molecule has 1 aliphatic heterocycles. The molecule has 6 aromatic rings. The fraction of sp³-hybridized carbons (Fsp3) is 0.250. The predicted molar refractivity (Wildman–Crippen MR) is 241 cm³/mol. The van der Waals surface area contributed by atoms with Gasteiger partial charge in [-0.1, -0.05) is 114 Å². The number of ketones is 2. The summed E-state index contributed by atoms with van der Waals surface area (Å²) < 4.78 is 17.8. The van der Waals surface area contributed by atoms with Crippen LogP contribution >= 0.6 is 23.2 Å². The number of ether oxygens (including phenoxy) is 2. The number of Topliss-reactive ketones (excluding diaryl/α,β-unsaturated/α-hetero) is 2. The van der Waals surface area contributed by atoms with Crippen molar-refractivity contribution >= 4 is 69.5 Å².